The van der Waals surface area contributed by atoms with Crippen molar-refractivity contribution in [3.05, 3.63) is 149 Å². The molecule has 0 saturated heterocycles. The van der Waals surface area contributed by atoms with Crippen LogP contribution in [0, 0.1) is 13.0 Å². The molecule has 0 aromatic heterocycles. The molecule has 0 fully saturated rings. The molecule has 0 heterocycles. The predicted molar refractivity (Wildman–Crippen MR) is 179 cm³/mol. The zero-order valence-corrected chi connectivity index (χ0v) is 31.1. The van der Waals surface area contributed by atoms with E-state index in [1.165, 1.54) is 79.9 Å². The van der Waals surface area contributed by atoms with E-state index in [9.17, 15) is 0 Å². The van der Waals surface area contributed by atoms with Crippen LogP contribution in [-0.2, 0) is 47.9 Å². The Morgan fingerprint density at radius 3 is 1.86 bits per heavy atom. The third kappa shape index (κ3) is 10.3. The zero-order chi connectivity index (χ0) is 30.3. The van der Waals surface area contributed by atoms with Gasteiger partial charge in [0.1, 0.15) is 0 Å². The third-order valence-corrected chi connectivity index (χ3v) is 8.22. The Kier molecular flexibility index (Phi) is 14.4. The van der Waals surface area contributed by atoms with Gasteiger partial charge in [-0.1, -0.05) is 119 Å². The molecule has 0 unspecified atom stereocenters. The first-order valence-electron chi connectivity index (χ1n) is 15.0. The monoisotopic (exact) mass is 696 g/mol. The van der Waals surface area contributed by atoms with Gasteiger partial charge < -0.3 is 24.8 Å². The molecule has 0 N–H and O–H groups in total. The second kappa shape index (κ2) is 16.8. The quantitative estimate of drug-likeness (QED) is 0.237. The summed E-state index contributed by atoms with van der Waals surface area (Å²) in [6, 6.07) is 42.5. The van der Waals surface area contributed by atoms with Gasteiger partial charge >= 0.3 is 70.3 Å². The normalized spacial score (nSPS) is 11.3. The van der Waals surface area contributed by atoms with Crippen molar-refractivity contribution in [2.24, 2.45) is 0 Å². The first-order valence-corrected chi connectivity index (χ1v) is 16.4. The molecule has 44 heavy (non-hydrogen) atoms. The van der Waals surface area contributed by atoms with Gasteiger partial charge in [0.2, 0.25) is 0 Å². The van der Waals surface area contributed by atoms with E-state index < -0.39 is 0 Å². The van der Waals surface area contributed by atoms with Gasteiger partial charge in [0.25, 0.3) is 0 Å². The second-order valence-electron chi connectivity index (χ2n) is 13.3. The van der Waals surface area contributed by atoms with Crippen molar-refractivity contribution in [1.82, 2.24) is 0 Å². The van der Waals surface area contributed by atoms with E-state index in [4.69, 9.17) is 0 Å². The van der Waals surface area contributed by atoms with Crippen molar-refractivity contribution >= 4 is 3.71 Å². The Hall–Kier alpha value is -2.44. The number of benzene rings is 4. The molecule has 0 bridgehead atoms. The number of fused-ring (bicyclic) bond motifs is 3. The summed E-state index contributed by atoms with van der Waals surface area (Å²) in [6.07, 6.45) is 2.15. The van der Waals surface area contributed by atoms with Crippen molar-refractivity contribution in [1.29, 1.82) is 0 Å². The molecule has 0 saturated carbocycles. The van der Waals surface area contributed by atoms with Crippen LogP contribution in [0.3, 0.4) is 0 Å². The number of hydrogen-bond donors (Lipinski definition) is 0. The van der Waals surface area contributed by atoms with E-state index in [0.29, 0.717) is 0 Å². The van der Waals surface area contributed by atoms with E-state index in [1.54, 1.807) is 0 Å². The van der Waals surface area contributed by atoms with Gasteiger partial charge in [-0.25, -0.2) is 6.07 Å². The number of aryl methyl sites for hydroxylation is 1. The average Bonchev–Trinajstić information content (AvgIpc) is 3.57. The Labute approximate surface area is 293 Å². The van der Waals surface area contributed by atoms with E-state index in [0.717, 1.165) is 12.8 Å². The maximum absolute atomic E-state index is 3.53. The van der Waals surface area contributed by atoms with E-state index in [1.807, 2.05) is 12.1 Å². The van der Waals surface area contributed by atoms with Crippen LogP contribution < -0.4 is 24.8 Å². The van der Waals surface area contributed by atoms with Crippen LogP contribution in [0.25, 0.3) is 22.3 Å². The molecule has 5 aromatic rings. The standard InChI is InChI=1S/C21H25.C12H11.C8H8.2ClH.Zr/c1-20(2,3)16-9-7-14-11-15-8-10-17(21(4,5)6)13-19(15)18(14)12-16;1-10-7-8-12(9-10)11-5-3-2-4-6-11;1-2-8-6-4-3-5-7-8;;;/h7,9-10,12-13H,11H2,1-6H3;2-9H,1H3;1,3-7H,2H2;2*1H;/q2*-1;;;;+2/p-2. The topological polar surface area (TPSA) is 0 Å². The molecule has 0 nitrogen and oxygen atoms in total. The minimum absolute atomic E-state index is 0. The number of rotatable bonds is 3. The molecule has 0 radical (unpaired) electrons. The molecule has 0 spiro atoms. The molecule has 5 aromatic carbocycles. The van der Waals surface area contributed by atoms with Gasteiger partial charge in [0.15, 0.2) is 0 Å². The first-order chi connectivity index (χ1) is 20.0. The molecule has 0 amide bonds. The molecule has 0 atom stereocenters. The SMILES string of the molecule is CC(C)(C)c1c[c-]c2c(c1)-c1cc(C(C)(C)C)ccc1C2.Cc1cc(-c2ccccc2)c[cH-]1.[Cl-].[Cl-].[Zr+2]=[CH]Cc1ccccc1. The van der Waals surface area contributed by atoms with Gasteiger partial charge in [-0.3, -0.25) is 0 Å². The second-order valence-corrected chi connectivity index (χ2v) is 14.3. The van der Waals surface area contributed by atoms with E-state index in [-0.39, 0.29) is 35.6 Å². The Morgan fingerprint density at radius 1 is 0.727 bits per heavy atom. The predicted octanol–water partition coefficient (Wildman–Crippen LogP) is 4.62. The summed E-state index contributed by atoms with van der Waals surface area (Å²) in [4.78, 5) is 0. The van der Waals surface area contributed by atoms with Crippen molar-refractivity contribution in [2.45, 2.75) is 72.1 Å². The van der Waals surface area contributed by atoms with Crippen LogP contribution in [0.5, 0.6) is 0 Å². The van der Waals surface area contributed by atoms with Gasteiger partial charge in [-0.2, -0.15) is 52.6 Å². The van der Waals surface area contributed by atoms with Crippen LogP contribution >= 0.6 is 0 Å². The number of halogens is 2. The van der Waals surface area contributed by atoms with Crippen LogP contribution in [0.15, 0.2) is 109 Å². The van der Waals surface area contributed by atoms with Gasteiger partial charge in [-0.15, -0.1) is 5.56 Å². The summed E-state index contributed by atoms with van der Waals surface area (Å²) in [5.41, 5.74) is 14.1. The third-order valence-electron chi connectivity index (χ3n) is 7.72. The Bertz CT molecular complexity index is 1540. The zero-order valence-electron chi connectivity index (χ0n) is 27.1. The maximum atomic E-state index is 3.53. The molecular weight excluding hydrogens is 655 g/mol. The first kappa shape index (κ1) is 37.7. The van der Waals surface area contributed by atoms with Gasteiger partial charge in [-0.05, 0) is 17.4 Å². The molecule has 0 aliphatic heterocycles. The van der Waals surface area contributed by atoms with Crippen molar-refractivity contribution in [2.75, 3.05) is 0 Å². The molecule has 3 heteroatoms. The molecule has 1 aliphatic carbocycles. The summed E-state index contributed by atoms with van der Waals surface area (Å²) in [5, 5.41) is 0. The summed E-state index contributed by atoms with van der Waals surface area (Å²) in [7, 11) is 0. The summed E-state index contributed by atoms with van der Waals surface area (Å²) >= 11 is 1.51. The average molecular weight is 699 g/mol. The van der Waals surface area contributed by atoms with Crippen LogP contribution in [-0.4, -0.2) is 3.71 Å². The van der Waals surface area contributed by atoms with E-state index in [2.05, 4.69) is 155 Å². The molecule has 228 valence electrons. The van der Waals surface area contributed by atoms with Crippen LogP contribution in [0.4, 0.5) is 0 Å². The summed E-state index contributed by atoms with van der Waals surface area (Å²) in [5.74, 6) is 0. The fourth-order valence-corrected chi connectivity index (χ4v) is 5.67. The Balaban J connectivity index is 0.000000250. The van der Waals surface area contributed by atoms with Crippen LogP contribution in [0.2, 0.25) is 0 Å². The Morgan fingerprint density at radius 2 is 1.32 bits per heavy atom. The van der Waals surface area contributed by atoms with E-state index >= 15 is 0 Å². The molecule has 6 rings (SSSR count). The summed E-state index contributed by atoms with van der Waals surface area (Å²) in [6.45, 7) is 15.8. The molecular formula is C41H44Cl2Zr-2. The van der Waals surface area contributed by atoms with Gasteiger partial charge in [0.05, 0.1) is 0 Å². The van der Waals surface area contributed by atoms with Crippen molar-refractivity contribution in [3.8, 4) is 22.3 Å². The van der Waals surface area contributed by atoms with Gasteiger partial charge in [0, 0.05) is 0 Å². The molecule has 1 aliphatic rings. The van der Waals surface area contributed by atoms with Crippen molar-refractivity contribution in [3.63, 3.8) is 0 Å². The summed E-state index contributed by atoms with van der Waals surface area (Å²) < 4.78 is 2.25. The number of hydrogen-bond acceptors (Lipinski definition) is 0. The minimum atomic E-state index is 0. The van der Waals surface area contributed by atoms with Crippen molar-refractivity contribution < 1.29 is 49.0 Å². The van der Waals surface area contributed by atoms with Crippen LogP contribution in [0.1, 0.15) is 74.9 Å². The fraction of sp³-hybridized carbons (Fsp3) is 0.268. The fourth-order valence-electron chi connectivity index (χ4n) is 5.09.